The molecule has 2 saturated heterocycles. The normalized spacial score (nSPS) is 22.4. The molecule has 13 heteroatoms. The molecule has 1 amide bonds. The van der Waals surface area contributed by atoms with Crippen molar-refractivity contribution in [3.05, 3.63) is 52.3 Å². The smallest absolute Gasteiger partial charge is 0.265 e. The van der Waals surface area contributed by atoms with E-state index < -0.39 is 21.5 Å². The molecular formula is C29H36Cl2FN3O5S2. The minimum Gasteiger partial charge on any atom is -0.379 e. The van der Waals surface area contributed by atoms with Crippen LogP contribution in [-0.4, -0.2) is 75.1 Å². The number of benzene rings is 2. The molecule has 5 rings (SSSR count). The molecule has 1 aliphatic carbocycles. The van der Waals surface area contributed by atoms with Crippen molar-refractivity contribution >= 4 is 56.6 Å². The highest BCUT2D eigenvalue weighted by Gasteiger charge is 2.39. The Kier molecular flexibility index (Phi) is 10.3. The third kappa shape index (κ3) is 8.31. The highest BCUT2D eigenvalue weighted by molar-refractivity contribution is 7.99. The number of sulfonamides is 1. The number of thioether (sulfide) groups is 1. The lowest BCUT2D eigenvalue weighted by Crippen LogP contribution is -2.53. The Morgan fingerprint density at radius 2 is 1.86 bits per heavy atom. The maximum atomic E-state index is 13.4. The summed E-state index contributed by atoms with van der Waals surface area (Å²) in [6, 6.07) is 8.82. The number of nitrogens with one attached hydrogen (secondary N) is 2. The molecule has 0 unspecified atom stereocenters. The second-order valence-electron chi connectivity index (χ2n) is 11.3. The van der Waals surface area contributed by atoms with Crippen LogP contribution in [0.4, 0.5) is 10.1 Å². The first-order chi connectivity index (χ1) is 20.0. The molecule has 0 aromatic heterocycles. The monoisotopic (exact) mass is 659 g/mol. The Bertz CT molecular complexity index is 1340. The number of ether oxygens (including phenoxy) is 2. The summed E-state index contributed by atoms with van der Waals surface area (Å²) in [5.74, 6) is -0.367. The number of rotatable bonds is 13. The van der Waals surface area contributed by atoms with E-state index >= 15 is 0 Å². The summed E-state index contributed by atoms with van der Waals surface area (Å²) >= 11 is 14.7. The van der Waals surface area contributed by atoms with E-state index in [-0.39, 0.29) is 26.8 Å². The summed E-state index contributed by atoms with van der Waals surface area (Å²) in [7, 11) is -4.24. The first-order valence-electron chi connectivity index (χ1n) is 14.2. The molecule has 0 radical (unpaired) electrons. The minimum atomic E-state index is -4.24. The van der Waals surface area contributed by atoms with Crippen LogP contribution in [0.25, 0.3) is 0 Å². The number of hydrogen-bond donors (Lipinski definition) is 2. The lowest BCUT2D eigenvalue weighted by molar-refractivity contribution is -0.148. The minimum absolute atomic E-state index is 0.0796. The van der Waals surface area contributed by atoms with Crippen molar-refractivity contribution in [3.63, 3.8) is 0 Å². The van der Waals surface area contributed by atoms with Crippen LogP contribution in [0.15, 0.2) is 46.2 Å². The lowest BCUT2D eigenvalue weighted by atomic mass is 9.95. The van der Waals surface area contributed by atoms with Gasteiger partial charge < -0.3 is 14.8 Å². The largest absolute Gasteiger partial charge is 0.379 e. The molecule has 2 aliphatic heterocycles. The zero-order valence-electron chi connectivity index (χ0n) is 23.4. The number of carbonyl (C=O) groups excluding carboxylic acids is 1. The Morgan fingerprint density at radius 1 is 1.17 bits per heavy atom. The zero-order chi connectivity index (χ0) is 29.9. The van der Waals surface area contributed by atoms with Gasteiger partial charge >= 0.3 is 0 Å². The van der Waals surface area contributed by atoms with Crippen LogP contribution in [0.5, 0.6) is 0 Å². The predicted octanol–water partition coefficient (Wildman–Crippen LogP) is 5.72. The van der Waals surface area contributed by atoms with Crippen LogP contribution in [0.1, 0.15) is 45.4 Å². The van der Waals surface area contributed by atoms with Gasteiger partial charge in [-0.2, -0.15) is 0 Å². The van der Waals surface area contributed by atoms with Gasteiger partial charge in [0.15, 0.2) is 0 Å². The number of halogens is 3. The Hall–Kier alpha value is -1.60. The molecule has 3 fully saturated rings. The van der Waals surface area contributed by atoms with E-state index in [0.717, 1.165) is 56.6 Å². The highest BCUT2D eigenvalue weighted by atomic mass is 35.5. The Balaban J connectivity index is 1.25. The van der Waals surface area contributed by atoms with E-state index in [2.05, 4.69) is 14.9 Å². The van der Waals surface area contributed by atoms with Crippen LogP contribution >= 0.6 is 35.0 Å². The Morgan fingerprint density at radius 3 is 2.48 bits per heavy atom. The van der Waals surface area contributed by atoms with Gasteiger partial charge in [0.2, 0.25) is 0 Å². The van der Waals surface area contributed by atoms with E-state index in [9.17, 15) is 17.6 Å². The molecule has 2 aromatic rings. The number of anilines is 1. The van der Waals surface area contributed by atoms with E-state index in [1.54, 1.807) is 30.8 Å². The van der Waals surface area contributed by atoms with Gasteiger partial charge in [0, 0.05) is 42.9 Å². The average Bonchev–Trinajstić information content (AvgIpc) is 3.75. The van der Waals surface area contributed by atoms with E-state index in [1.807, 2.05) is 0 Å². The Labute approximate surface area is 261 Å². The summed E-state index contributed by atoms with van der Waals surface area (Å²) in [4.78, 5) is 15.9. The molecular weight excluding hydrogens is 624 g/mol. The number of nitrogens with zero attached hydrogens (tertiary/aromatic N) is 1. The third-order valence-electron chi connectivity index (χ3n) is 7.74. The van der Waals surface area contributed by atoms with Crippen LogP contribution in [-0.2, 0) is 24.3 Å². The SMILES string of the molecule is C[C@]1(C(=O)NS(=O)(=O)c2cc(Cl)c(N[C@H](CCN3CC(OC4CC4)C3)CSc3ccc(F)cc3)c(Cl)c2)CCCCO1. The molecule has 2 aromatic carbocycles. The standard InChI is InChI=1S/C29H36Cl2FN3O5S2/c1-29(11-2-3-13-39-29)28(36)34-42(37,38)24-14-25(30)27(26(31)15-24)33-20(18-41-23-8-4-19(32)5-9-23)10-12-35-16-22(17-35)40-21-6-7-21/h4-5,8-9,14-15,20-22,33H,2-3,6-7,10-13,16-18H2,1H3,(H,34,36)/t20-,29-/m1/s1. The average molecular weight is 661 g/mol. The van der Waals surface area contributed by atoms with Crippen molar-refractivity contribution in [1.82, 2.24) is 9.62 Å². The van der Waals surface area contributed by atoms with Crippen molar-refractivity contribution in [2.75, 3.05) is 37.3 Å². The molecule has 2 atom stereocenters. The summed E-state index contributed by atoms with van der Waals surface area (Å²) in [6.07, 6.45) is 5.85. The van der Waals surface area contributed by atoms with Crippen LogP contribution in [0, 0.1) is 5.82 Å². The van der Waals surface area contributed by atoms with Gasteiger partial charge in [-0.05, 0) is 81.8 Å². The van der Waals surface area contributed by atoms with Crippen LogP contribution < -0.4 is 10.0 Å². The number of hydrogen-bond acceptors (Lipinski definition) is 8. The molecule has 2 heterocycles. The molecule has 230 valence electrons. The molecule has 42 heavy (non-hydrogen) atoms. The van der Waals surface area contributed by atoms with Gasteiger partial charge in [0.1, 0.15) is 11.4 Å². The second kappa shape index (κ2) is 13.6. The molecule has 0 spiro atoms. The summed E-state index contributed by atoms with van der Waals surface area (Å²) in [5, 5.41) is 3.65. The quantitative estimate of drug-likeness (QED) is 0.264. The lowest BCUT2D eigenvalue weighted by Gasteiger charge is -2.39. The summed E-state index contributed by atoms with van der Waals surface area (Å²) < 4.78 is 53.3. The van der Waals surface area contributed by atoms with Gasteiger partial charge in [-0.15, -0.1) is 11.8 Å². The van der Waals surface area contributed by atoms with Gasteiger partial charge in [0.05, 0.1) is 32.8 Å². The molecule has 2 N–H and O–H groups in total. The fourth-order valence-electron chi connectivity index (χ4n) is 4.98. The van der Waals surface area contributed by atoms with Crippen molar-refractivity contribution in [1.29, 1.82) is 0 Å². The zero-order valence-corrected chi connectivity index (χ0v) is 26.6. The molecule has 1 saturated carbocycles. The fourth-order valence-corrected chi connectivity index (χ4v) is 7.80. The molecule has 8 nitrogen and oxygen atoms in total. The number of likely N-dealkylation sites (tertiary alicyclic amines) is 1. The van der Waals surface area contributed by atoms with Crippen molar-refractivity contribution < 1.29 is 27.1 Å². The van der Waals surface area contributed by atoms with Crippen molar-refractivity contribution in [2.24, 2.45) is 0 Å². The van der Waals surface area contributed by atoms with Crippen LogP contribution in [0.3, 0.4) is 0 Å². The summed E-state index contributed by atoms with van der Waals surface area (Å²) in [5.41, 5.74) is -0.800. The number of carbonyl (C=O) groups is 1. The first kappa shape index (κ1) is 31.8. The van der Waals surface area contributed by atoms with Crippen molar-refractivity contribution in [2.45, 2.75) is 79.1 Å². The van der Waals surface area contributed by atoms with Gasteiger partial charge in [0.25, 0.3) is 15.9 Å². The summed E-state index contributed by atoms with van der Waals surface area (Å²) in [6.45, 7) is 4.63. The van der Waals surface area contributed by atoms with Gasteiger partial charge in [-0.3, -0.25) is 9.69 Å². The predicted molar refractivity (Wildman–Crippen MR) is 163 cm³/mol. The molecule has 0 bridgehead atoms. The fraction of sp³-hybridized carbons (Fsp3) is 0.552. The topological polar surface area (TPSA) is 97.0 Å². The van der Waals surface area contributed by atoms with Gasteiger partial charge in [-0.1, -0.05) is 23.2 Å². The third-order valence-corrected chi connectivity index (χ3v) is 10.8. The number of amides is 1. The van der Waals surface area contributed by atoms with Crippen LogP contribution in [0.2, 0.25) is 10.0 Å². The maximum absolute atomic E-state index is 13.4. The van der Waals surface area contributed by atoms with E-state index in [1.165, 1.54) is 24.3 Å². The second-order valence-corrected chi connectivity index (χ2v) is 14.9. The molecule has 3 aliphatic rings. The van der Waals surface area contributed by atoms with E-state index in [0.29, 0.717) is 36.7 Å². The first-order valence-corrected chi connectivity index (χ1v) is 17.5. The maximum Gasteiger partial charge on any atom is 0.265 e. The highest BCUT2D eigenvalue weighted by Crippen LogP contribution is 2.36. The van der Waals surface area contributed by atoms with Crippen molar-refractivity contribution in [3.8, 4) is 0 Å². The van der Waals surface area contributed by atoms with E-state index in [4.69, 9.17) is 32.7 Å². The van der Waals surface area contributed by atoms with Gasteiger partial charge in [-0.25, -0.2) is 17.5 Å².